The van der Waals surface area contributed by atoms with Crippen LogP contribution in [0.2, 0.25) is 5.02 Å². The molecule has 2 saturated carbocycles. The van der Waals surface area contributed by atoms with Crippen LogP contribution in [0, 0.1) is 23.6 Å². The molecule has 1 saturated heterocycles. The quantitative estimate of drug-likeness (QED) is 0.652. The Balaban J connectivity index is 1.31. The van der Waals surface area contributed by atoms with Crippen molar-refractivity contribution in [2.75, 3.05) is 11.9 Å². The number of anilines is 1. The first kappa shape index (κ1) is 21.4. The summed E-state index contributed by atoms with van der Waals surface area (Å²) in [6.45, 7) is 0.634. The third-order valence-electron chi connectivity index (χ3n) is 7.51. The molecule has 3 atom stereocenters. The van der Waals surface area contributed by atoms with Crippen LogP contribution in [0.3, 0.4) is 0 Å². The average Bonchev–Trinajstić information content (AvgIpc) is 3.47. The van der Waals surface area contributed by atoms with E-state index in [1.54, 1.807) is 17.9 Å². The van der Waals surface area contributed by atoms with E-state index in [4.69, 9.17) is 11.6 Å². The Hall–Kier alpha value is -2.45. The third-order valence-corrected chi connectivity index (χ3v) is 7.80. The Morgan fingerprint density at radius 2 is 2.06 bits per heavy atom. The van der Waals surface area contributed by atoms with Crippen LogP contribution in [0.15, 0.2) is 24.5 Å². The molecule has 170 valence electrons. The number of nitrogens with zero attached hydrogens (tertiary/aromatic N) is 2. The maximum absolute atomic E-state index is 13.4. The summed E-state index contributed by atoms with van der Waals surface area (Å²) < 4.78 is 15.1. The van der Waals surface area contributed by atoms with Crippen molar-refractivity contribution < 1.29 is 19.1 Å². The number of aromatic nitrogens is 2. The minimum atomic E-state index is -0.924. The molecule has 9 heteroatoms. The molecule has 3 N–H and O–H groups in total. The number of carbonyl (C=O) groups excluding carboxylic acids is 2. The largest absolute Gasteiger partial charge is 0.389 e. The molecule has 32 heavy (non-hydrogen) atoms. The molecule has 1 aliphatic heterocycles. The number of imidazole rings is 1. The standard InChI is InChI=1S/C23H26ClFN4O3/c1-29-11-27-19(20(29)22(31)28-15-2-3-18(25)17(24)8-15)12-6-13-9-23(32,10-14(13)7-12)16-4-5-26-21(16)30/h2-3,8,11-14,16,32H,4-7,9-10H2,1H3,(H,26,30)(H,28,31)/t12?,13?,14?,16-,23?/m1/s1. The van der Waals surface area contributed by atoms with E-state index in [9.17, 15) is 19.1 Å². The monoisotopic (exact) mass is 460 g/mol. The second-order valence-corrected chi connectivity index (χ2v) is 9.91. The summed E-state index contributed by atoms with van der Waals surface area (Å²) >= 11 is 5.83. The van der Waals surface area contributed by atoms with E-state index in [0.717, 1.165) is 18.5 Å². The van der Waals surface area contributed by atoms with E-state index in [1.807, 2.05) is 0 Å². The van der Waals surface area contributed by atoms with Crippen molar-refractivity contribution >= 4 is 29.1 Å². The zero-order valence-corrected chi connectivity index (χ0v) is 18.5. The number of aryl methyl sites for hydroxylation is 1. The van der Waals surface area contributed by atoms with Gasteiger partial charge in [0.15, 0.2) is 0 Å². The molecule has 2 heterocycles. The average molecular weight is 461 g/mol. The maximum Gasteiger partial charge on any atom is 0.274 e. The first-order valence-electron chi connectivity index (χ1n) is 11.0. The molecule has 5 rings (SSSR count). The molecule has 2 aromatic rings. The zero-order valence-electron chi connectivity index (χ0n) is 17.8. The van der Waals surface area contributed by atoms with Gasteiger partial charge in [-0.25, -0.2) is 9.37 Å². The van der Waals surface area contributed by atoms with Gasteiger partial charge in [-0.05, 0) is 62.1 Å². The Morgan fingerprint density at radius 3 is 2.69 bits per heavy atom. The summed E-state index contributed by atoms with van der Waals surface area (Å²) in [5.41, 5.74) is 0.708. The van der Waals surface area contributed by atoms with E-state index in [2.05, 4.69) is 15.6 Å². The lowest BCUT2D eigenvalue weighted by Crippen LogP contribution is -2.40. The van der Waals surface area contributed by atoms with Crippen molar-refractivity contribution in [2.45, 2.75) is 43.6 Å². The number of aliphatic hydroxyl groups is 1. The fourth-order valence-electron chi connectivity index (χ4n) is 6.11. The van der Waals surface area contributed by atoms with E-state index in [-0.39, 0.29) is 28.7 Å². The summed E-state index contributed by atoms with van der Waals surface area (Å²) in [7, 11) is 1.77. The lowest BCUT2D eigenvalue weighted by Gasteiger charge is -2.29. The van der Waals surface area contributed by atoms with E-state index in [1.165, 1.54) is 18.2 Å². The van der Waals surface area contributed by atoms with Gasteiger partial charge >= 0.3 is 0 Å². The van der Waals surface area contributed by atoms with Gasteiger partial charge in [0.1, 0.15) is 11.5 Å². The molecule has 0 spiro atoms. The summed E-state index contributed by atoms with van der Waals surface area (Å²) in [4.78, 5) is 29.7. The Bertz CT molecular complexity index is 1070. The first-order valence-corrected chi connectivity index (χ1v) is 11.4. The summed E-state index contributed by atoms with van der Waals surface area (Å²) in [5.74, 6) is -0.471. The minimum Gasteiger partial charge on any atom is -0.389 e. The predicted molar refractivity (Wildman–Crippen MR) is 117 cm³/mol. The second kappa shape index (κ2) is 7.85. The van der Waals surface area contributed by atoms with Gasteiger partial charge in [-0.1, -0.05) is 11.6 Å². The van der Waals surface area contributed by atoms with E-state index in [0.29, 0.717) is 49.0 Å². The second-order valence-electron chi connectivity index (χ2n) is 9.50. The lowest BCUT2D eigenvalue weighted by atomic mass is 9.81. The van der Waals surface area contributed by atoms with Gasteiger partial charge in [0, 0.05) is 25.2 Å². The highest BCUT2D eigenvalue weighted by atomic mass is 35.5. The molecule has 3 aliphatic rings. The highest BCUT2D eigenvalue weighted by Gasteiger charge is 2.55. The topological polar surface area (TPSA) is 96.2 Å². The number of nitrogens with one attached hydrogen (secondary N) is 2. The van der Waals surface area contributed by atoms with Crippen molar-refractivity contribution in [1.82, 2.24) is 14.9 Å². The third kappa shape index (κ3) is 3.59. The van der Waals surface area contributed by atoms with Crippen molar-refractivity contribution in [3.63, 3.8) is 0 Å². The molecule has 1 aromatic carbocycles. The minimum absolute atomic E-state index is 0.0337. The zero-order chi connectivity index (χ0) is 22.6. The van der Waals surface area contributed by atoms with Gasteiger partial charge in [0.2, 0.25) is 5.91 Å². The van der Waals surface area contributed by atoms with Crippen LogP contribution in [0.25, 0.3) is 0 Å². The highest BCUT2D eigenvalue weighted by Crippen LogP contribution is 2.56. The van der Waals surface area contributed by atoms with Crippen molar-refractivity contribution in [3.05, 3.63) is 46.8 Å². The molecule has 2 aliphatic carbocycles. The number of fused-ring (bicyclic) bond motifs is 1. The number of amides is 2. The first-order chi connectivity index (χ1) is 15.2. The fourth-order valence-corrected chi connectivity index (χ4v) is 6.29. The van der Waals surface area contributed by atoms with Crippen LogP contribution < -0.4 is 10.6 Å². The van der Waals surface area contributed by atoms with Gasteiger partial charge < -0.3 is 20.3 Å². The van der Waals surface area contributed by atoms with E-state index < -0.39 is 11.4 Å². The number of halogens is 2. The van der Waals surface area contributed by atoms with Gasteiger partial charge in [0.25, 0.3) is 5.91 Å². The number of hydrogen-bond acceptors (Lipinski definition) is 4. The predicted octanol–water partition coefficient (Wildman–Crippen LogP) is 3.24. The Kier molecular flexibility index (Phi) is 5.25. The van der Waals surface area contributed by atoms with Crippen molar-refractivity contribution in [1.29, 1.82) is 0 Å². The lowest BCUT2D eigenvalue weighted by molar-refractivity contribution is -0.131. The number of rotatable bonds is 4. The maximum atomic E-state index is 13.4. The van der Waals surface area contributed by atoms with Gasteiger partial charge in [-0.2, -0.15) is 0 Å². The smallest absolute Gasteiger partial charge is 0.274 e. The normalized spacial score (nSPS) is 31.6. The summed E-state index contributed by atoms with van der Waals surface area (Å²) in [6, 6.07) is 4.06. The molecule has 0 bridgehead atoms. The van der Waals surface area contributed by atoms with Crippen molar-refractivity contribution in [2.24, 2.45) is 24.8 Å². The van der Waals surface area contributed by atoms with Gasteiger partial charge in [0.05, 0.1) is 28.6 Å². The molecule has 0 radical (unpaired) electrons. The van der Waals surface area contributed by atoms with Gasteiger partial charge in [-0.15, -0.1) is 0 Å². The van der Waals surface area contributed by atoms with E-state index >= 15 is 0 Å². The molecule has 2 amide bonds. The number of benzene rings is 1. The molecule has 1 aromatic heterocycles. The fraction of sp³-hybridized carbons (Fsp3) is 0.522. The molecule has 7 nitrogen and oxygen atoms in total. The van der Waals surface area contributed by atoms with Crippen molar-refractivity contribution in [3.8, 4) is 0 Å². The Labute approximate surface area is 190 Å². The Morgan fingerprint density at radius 1 is 1.34 bits per heavy atom. The van der Waals surface area contributed by atoms with Crippen LogP contribution in [0.1, 0.15) is 54.2 Å². The van der Waals surface area contributed by atoms with Crippen LogP contribution in [0.4, 0.5) is 10.1 Å². The van der Waals surface area contributed by atoms with Crippen LogP contribution in [0.5, 0.6) is 0 Å². The summed E-state index contributed by atoms with van der Waals surface area (Å²) in [5, 5.41) is 16.8. The van der Waals surface area contributed by atoms with Crippen LogP contribution >= 0.6 is 11.6 Å². The molecular weight excluding hydrogens is 435 g/mol. The number of hydrogen-bond donors (Lipinski definition) is 3. The summed E-state index contributed by atoms with van der Waals surface area (Å²) in [6.07, 6.45) is 5.23. The molecular formula is C23H26ClFN4O3. The highest BCUT2D eigenvalue weighted by molar-refractivity contribution is 6.31. The van der Waals surface area contributed by atoms with Crippen LogP contribution in [-0.4, -0.2) is 38.6 Å². The molecule has 3 fully saturated rings. The molecule has 2 unspecified atom stereocenters. The van der Waals surface area contributed by atoms with Crippen LogP contribution in [-0.2, 0) is 11.8 Å². The van der Waals surface area contributed by atoms with Gasteiger partial charge in [-0.3, -0.25) is 9.59 Å². The number of carbonyl (C=O) groups is 2. The SMILES string of the molecule is Cn1cnc(C2CC3CC(O)([C@@H]4CCNC4=O)CC3C2)c1C(=O)Nc1ccc(F)c(Cl)c1.